The summed E-state index contributed by atoms with van der Waals surface area (Å²) in [5.41, 5.74) is 2.66. The normalized spacial score (nSPS) is 25.0. The quantitative estimate of drug-likeness (QED) is 0.502. The van der Waals surface area contributed by atoms with Gasteiger partial charge in [-0.2, -0.15) is 0 Å². The number of piperidine rings is 1. The van der Waals surface area contributed by atoms with Gasteiger partial charge < -0.3 is 15.5 Å². The highest BCUT2D eigenvalue weighted by Gasteiger charge is 2.39. The number of rotatable bonds is 6. The molecule has 2 fully saturated rings. The molecule has 3 N–H and O–H groups in total. The fraction of sp³-hybridized carbons (Fsp3) is 0.550. The minimum absolute atomic E-state index is 0.100. The molecular weight excluding hydrogens is 344 g/mol. The molecule has 1 aromatic rings. The Balaban J connectivity index is 1.40. The lowest BCUT2D eigenvalue weighted by Gasteiger charge is -2.29. The van der Waals surface area contributed by atoms with Crippen LogP contribution in [-0.2, 0) is 22.7 Å². The van der Waals surface area contributed by atoms with Gasteiger partial charge in [-0.05, 0) is 55.9 Å². The maximum absolute atomic E-state index is 13.0. The van der Waals surface area contributed by atoms with E-state index in [1.165, 1.54) is 6.42 Å². The van der Waals surface area contributed by atoms with Crippen LogP contribution in [0.5, 0.6) is 0 Å². The first-order valence-corrected chi connectivity index (χ1v) is 9.80. The lowest BCUT2D eigenvalue weighted by molar-refractivity contribution is -0.136. The summed E-state index contributed by atoms with van der Waals surface area (Å²) < 4.78 is 0. The number of carbonyl (C=O) groups is 3. The van der Waals surface area contributed by atoms with Crippen molar-refractivity contribution in [3.05, 3.63) is 34.9 Å². The Morgan fingerprint density at radius 3 is 2.85 bits per heavy atom. The lowest BCUT2D eigenvalue weighted by Crippen LogP contribution is -2.52. The highest BCUT2D eigenvalue weighted by atomic mass is 16.2. The highest BCUT2D eigenvalue weighted by molar-refractivity contribution is 6.05. The number of imide groups is 1. The Hall–Kier alpha value is -2.25. The van der Waals surface area contributed by atoms with Gasteiger partial charge in [0.2, 0.25) is 11.8 Å². The van der Waals surface area contributed by atoms with Gasteiger partial charge >= 0.3 is 0 Å². The van der Waals surface area contributed by atoms with Gasteiger partial charge in [0.1, 0.15) is 6.04 Å². The van der Waals surface area contributed by atoms with Crippen LogP contribution < -0.4 is 16.0 Å². The molecule has 3 aliphatic rings. The molecule has 2 atom stereocenters. The molecule has 3 aliphatic heterocycles. The van der Waals surface area contributed by atoms with E-state index in [9.17, 15) is 14.4 Å². The zero-order valence-electron chi connectivity index (χ0n) is 15.4. The first kappa shape index (κ1) is 18.1. The molecule has 1 unspecified atom stereocenters. The average molecular weight is 370 g/mol. The first-order chi connectivity index (χ1) is 13.1. The Labute approximate surface area is 158 Å². The number of benzene rings is 1. The van der Waals surface area contributed by atoms with E-state index in [-0.39, 0.29) is 24.1 Å². The minimum atomic E-state index is -0.557. The van der Waals surface area contributed by atoms with E-state index in [0.717, 1.165) is 48.7 Å². The third-order valence-electron chi connectivity index (χ3n) is 5.85. The van der Waals surface area contributed by atoms with Crippen molar-refractivity contribution in [3.8, 4) is 0 Å². The molecule has 0 bridgehead atoms. The largest absolute Gasteiger partial charge is 0.322 e. The SMILES string of the molecule is O=C1CCC(N2Cc3cccc(CNCC[C@H]4CCNC4)c3C2=O)C(=O)N1. The fourth-order valence-electron chi connectivity index (χ4n) is 4.33. The van der Waals surface area contributed by atoms with Crippen LogP contribution in [0.25, 0.3) is 0 Å². The second-order valence-electron chi connectivity index (χ2n) is 7.68. The molecule has 1 aromatic carbocycles. The number of nitrogens with zero attached hydrogens (tertiary/aromatic N) is 1. The van der Waals surface area contributed by atoms with Crippen LogP contribution >= 0.6 is 0 Å². The molecule has 0 saturated carbocycles. The number of carbonyl (C=O) groups excluding carboxylic acids is 3. The topological polar surface area (TPSA) is 90.5 Å². The second kappa shape index (κ2) is 7.78. The maximum atomic E-state index is 13.0. The van der Waals surface area contributed by atoms with E-state index in [1.807, 2.05) is 18.2 Å². The molecule has 144 valence electrons. The number of amides is 3. The number of fused-ring (bicyclic) bond motifs is 1. The summed E-state index contributed by atoms with van der Waals surface area (Å²) in [6.07, 6.45) is 3.05. The Morgan fingerprint density at radius 2 is 2.07 bits per heavy atom. The molecule has 7 nitrogen and oxygen atoms in total. The van der Waals surface area contributed by atoms with Crippen molar-refractivity contribution in [1.82, 2.24) is 20.9 Å². The molecule has 2 saturated heterocycles. The maximum Gasteiger partial charge on any atom is 0.255 e. The Kier molecular flexibility index (Phi) is 5.22. The lowest BCUT2D eigenvalue weighted by atomic mass is 10.0. The molecular formula is C20H26N4O3. The average Bonchev–Trinajstić information content (AvgIpc) is 3.28. The highest BCUT2D eigenvalue weighted by Crippen LogP contribution is 2.29. The molecule has 4 rings (SSSR count). The predicted molar refractivity (Wildman–Crippen MR) is 99.8 cm³/mol. The molecule has 7 heteroatoms. The zero-order chi connectivity index (χ0) is 18.8. The summed E-state index contributed by atoms with van der Waals surface area (Å²) >= 11 is 0. The van der Waals surface area contributed by atoms with E-state index in [1.54, 1.807) is 4.90 Å². The fourth-order valence-corrected chi connectivity index (χ4v) is 4.33. The summed E-state index contributed by atoms with van der Waals surface area (Å²) in [6, 6.07) is 5.35. The summed E-state index contributed by atoms with van der Waals surface area (Å²) in [6.45, 7) is 4.23. The van der Waals surface area contributed by atoms with E-state index >= 15 is 0 Å². The third kappa shape index (κ3) is 3.75. The molecule has 0 spiro atoms. The van der Waals surface area contributed by atoms with Gasteiger partial charge in [-0.3, -0.25) is 19.7 Å². The smallest absolute Gasteiger partial charge is 0.255 e. The monoisotopic (exact) mass is 370 g/mol. The van der Waals surface area contributed by atoms with E-state index < -0.39 is 6.04 Å². The standard InChI is InChI=1S/C20H26N4O3/c25-17-5-4-16(19(26)23-17)24-12-15-3-1-2-14(18(15)20(24)27)11-22-9-7-13-6-8-21-10-13/h1-3,13,16,21-22H,4-12H2,(H,23,25,26)/t13-,16?/m1/s1. The van der Waals surface area contributed by atoms with E-state index in [2.05, 4.69) is 16.0 Å². The van der Waals surface area contributed by atoms with Crippen LogP contribution in [0.1, 0.15) is 47.2 Å². The predicted octanol–water partition coefficient (Wildman–Crippen LogP) is 0.537. The van der Waals surface area contributed by atoms with Gasteiger partial charge in [0, 0.05) is 25.1 Å². The van der Waals surface area contributed by atoms with Gasteiger partial charge in [0.05, 0.1) is 0 Å². The van der Waals surface area contributed by atoms with Gasteiger partial charge in [-0.15, -0.1) is 0 Å². The van der Waals surface area contributed by atoms with Crippen molar-refractivity contribution in [2.75, 3.05) is 19.6 Å². The molecule has 3 amide bonds. The third-order valence-corrected chi connectivity index (χ3v) is 5.85. The molecule has 3 heterocycles. The van der Waals surface area contributed by atoms with Crippen LogP contribution in [-0.4, -0.2) is 48.3 Å². The van der Waals surface area contributed by atoms with Crippen molar-refractivity contribution in [2.24, 2.45) is 5.92 Å². The molecule has 0 aliphatic carbocycles. The number of hydrogen-bond donors (Lipinski definition) is 3. The zero-order valence-corrected chi connectivity index (χ0v) is 15.4. The molecule has 27 heavy (non-hydrogen) atoms. The van der Waals surface area contributed by atoms with Crippen molar-refractivity contribution in [1.29, 1.82) is 0 Å². The van der Waals surface area contributed by atoms with Crippen molar-refractivity contribution >= 4 is 17.7 Å². The van der Waals surface area contributed by atoms with Crippen LogP contribution in [0.4, 0.5) is 0 Å². The summed E-state index contributed by atoms with van der Waals surface area (Å²) in [5.74, 6) is 0.0144. The number of nitrogens with one attached hydrogen (secondary N) is 3. The van der Waals surface area contributed by atoms with Crippen molar-refractivity contribution < 1.29 is 14.4 Å². The van der Waals surface area contributed by atoms with Gasteiger partial charge in [-0.25, -0.2) is 0 Å². The Bertz CT molecular complexity index is 758. The summed E-state index contributed by atoms with van der Waals surface area (Å²) in [5, 5.41) is 9.19. The van der Waals surface area contributed by atoms with Crippen LogP contribution in [0.2, 0.25) is 0 Å². The van der Waals surface area contributed by atoms with Crippen LogP contribution in [0.15, 0.2) is 18.2 Å². The molecule has 0 radical (unpaired) electrons. The second-order valence-corrected chi connectivity index (χ2v) is 7.68. The van der Waals surface area contributed by atoms with Crippen molar-refractivity contribution in [2.45, 2.75) is 44.8 Å². The van der Waals surface area contributed by atoms with Crippen LogP contribution in [0, 0.1) is 5.92 Å². The summed E-state index contributed by atoms with van der Waals surface area (Å²) in [4.78, 5) is 38.2. The summed E-state index contributed by atoms with van der Waals surface area (Å²) in [7, 11) is 0. The van der Waals surface area contributed by atoms with Gasteiger partial charge in [0.25, 0.3) is 5.91 Å². The van der Waals surface area contributed by atoms with E-state index in [0.29, 0.717) is 19.5 Å². The van der Waals surface area contributed by atoms with Gasteiger partial charge in [0.15, 0.2) is 0 Å². The molecule has 0 aromatic heterocycles. The first-order valence-electron chi connectivity index (χ1n) is 9.80. The van der Waals surface area contributed by atoms with Gasteiger partial charge in [-0.1, -0.05) is 18.2 Å². The van der Waals surface area contributed by atoms with Crippen LogP contribution in [0.3, 0.4) is 0 Å². The minimum Gasteiger partial charge on any atom is -0.322 e. The number of hydrogen-bond acceptors (Lipinski definition) is 5. The Morgan fingerprint density at radius 1 is 1.19 bits per heavy atom. The van der Waals surface area contributed by atoms with Crippen molar-refractivity contribution in [3.63, 3.8) is 0 Å². The van der Waals surface area contributed by atoms with E-state index in [4.69, 9.17) is 0 Å².